The summed E-state index contributed by atoms with van der Waals surface area (Å²) in [7, 11) is 1.85. The van der Waals surface area contributed by atoms with E-state index in [4.69, 9.17) is 0 Å². The number of nitrogens with zero attached hydrogens (tertiary/aromatic N) is 2. The number of aryl methyl sites for hydroxylation is 2. The van der Waals surface area contributed by atoms with Gasteiger partial charge < -0.3 is 10.3 Å². The van der Waals surface area contributed by atoms with E-state index in [1.165, 1.54) is 0 Å². The molecule has 1 aromatic carbocycles. The van der Waals surface area contributed by atoms with Crippen LogP contribution in [0.4, 0.5) is 5.69 Å². The fourth-order valence-electron chi connectivity index (χ4n) is 2.29. The van der Waals surface area contributed by atoms with Crippen molar-refractivity contribution in [1.82, 2.24) is 14.8 Å². The third kappa shape index (κ3) is 2.18. The number of nitrogens with one attached hydrogen (secondary N) is 2. The Bertz CT molecular complexity index is 769. The molecule has 5 nitrogen and oxygen atoms in total. The largest absolute Gasteiger partial charge is 0.361 e. The highest BCUT2D eigenvalue weighted by Gasteiger charge is 2.11. The molecule has 0 radical (unpaired) electrons. The van der Waals surface area contributed by atoms with Gasteiger partial charge in [-0.05, 0) is 30.7 Å². The zero-order valence-corrected chi connectivity index (χ0v) is 11.5. The topological polar surface area (TPSA) is 62.7 Å². The molecule has 2 heterocycles. The predicted molar refractivity (Wildman–Crippen MR) is 78.8 cm³/mol. The number of rotatable bonds is 3. The Hall–Kier alpha value is -2.56. The second-order valence-electron chi connectivity index (χ2n) is 4.75. The molecule has 0 spiro atoms. The Morgan fingerprint density at radius 2 is 2.25 bits per heavy atom. The molecule has 102 valence electrons. The molecule has 0 saturated carbocycles. The molecule has 0 saturated heterocycles. The van der Waals surface area contributed by atoms with E-state index < -0.39 is 0 Å². The van der Waals surface area contributed by atoms with Crippen molar-refractivity contribution in [2.24, 2.45) is 7.05 Å². The molecule has 1 amide bonds. The van der Waals surface area contributed by atoms with Crippen LogP contribution < -0.4 is 5.32 Å². The number of anilines is 1. The lowest BCUT2D eigenvalue weighted by atomic mass is 10.1. The first-order chi connectivity index (χ1) is 9.67. The Labute approximate surface area is 116 Å². The van der Waals surface area contributed by atoms with Crippen LogP contribution in [-0.4, -0.2) is 20.7 Å². The monoisotopic (exact) mass is 268 g/mol. The van der Waals surface area contributed by atoms with Crippen LogP contribution in [0.2, 0.25) is 0 Å². The minimum Gasteiger partial charge on any atom is -0.361 e. The third-order valence-electron chi connectivity index (χ3n) is 3.30. The number of carbonyl (C=O) groups is 1. The molecule has 0 atom stereocenters. The van der Waals surface area contributed by atoms with Crippen molar-refractivity contribution < 1.29 is 4.79 Å². The highest BCUT2D eigenvalue weighted by Crippen LogP contribution is 2.18. The van der Waals surface area contributed by atoms with Crippen molar-refractivity contribution in [3.05, 3.63) is 47.9 Å². The number of carbonyl (C=O) groups excluding carboxylic acids is 1. The van der Waals surface area contributed by atoms with E-state index >= 15 is 0 Å². The van der Waals surface area contributed by atoms with Crippen LogP contribution in [0.25, 0.3) is 10.9 Å². The van der Waals surface area contributed by atoms with Crippen molar-refractivity contribution >= 4 is 22.5 Å². The van der Waals surface area contributed by atoms with Gasteiger partial charge in [-0.25, -0.2) is 0 Å². The average Bonchev–Trinajstić information content (AvgIpc) is 3.03. The minimum atomic E-state index is -0.115. The van der Waals surface area contributed by atoms with Crippen molar-refractivity contribution in [3.8, 4) is 0 Å². The van der Waals surface area contributed by atoms with Gasteiger partial charge in [-0.1, -0.05) is 6.92 Å². The van der Waals surface area contributed by atoms with Gasteiger partial charge in [0.15, 0.2) is 0 Å². The summed E-state index contributed by atoms with van der Waals surface area (Å²) in [5, 5.41) is 8.26. The fraction of sp³-hybridized carbons (Fsp3) is 0.200. The van der Waals surface area contributed by atoms with E-state index in [9.17, 15) is 4.79 Å². The van der Waals surface area contributed by atoms with E-state index in [1.807, 2.05) is 50.6 Å². The van der Waals surface area contributed by atoms with Gasteiger partial charge in [0.2, 0.25) is 0 Å². The molecule has 0 bridgehead atoms. The quantitative estimate of drug-likeness (QED) is 0.767. The molecule has 3 aromatic rings. The number of fused-ring (bicyclic) bond motifs is 1. The van der Waals surface area contributed by atoms with Gasteiger partial charge >= 0.3 is 0 Å². The summed E-state index contributed by atoms with van der Waals surface area (Å²) >= 11 is 0. The third-order valence-corrected chi connectivity index (χ3v) is 3.30. The SMILES string of the molecule is CCc1nn(C)cc1NC(=O)c1ccc2[nH]ccc2c1. The molecule has 5 heteroatoms. The maximum absolute atomic E-state index is 12.3. The molecule has 2 N–H and O–H groups in total. The molecule has 2 aromatic heterocycles. The molecule has 0 aliphatic carbocycles. The second kappa shape index (κ2) is 4.85. The molecule has 0 aliphatic rings. The summed E-state index contributed by atoms with van der Waals surface area (Å²) in [6.45, 7) is 2.02. The van der Waals surface area contributed by atoms with E-state index in [0.29, 0.717) is 5.56 Å². The lowest BCUT2D eigenvalue weighted by Crippen LogP contribution is -2.12. The fourth-order valence-corrected chi connectivity index (χ4v) is 2.29. The van der Waals surface area contributed by atoms with Crippen LogP contribution in [0.15, 0.2) is 36.7 Å². The number of aromatic amines is 1. The smallest absolute Gasteiger partial charge is 0.255 e. The number of benzene rings is 1. The highest BCUT2D eigenvalue weighted by atomic mass is 16.1. The Balaban J connectivity index is 1.88. The molecule has 0 fully saturated rings. The van der Waals surface area contributed by atoms with E-state index in [2.05, 4.69) is 15.4 Å². The lowest BCUT2D eigenvalue weighted by molar-refractivity contribution is 0.102. The van der Waals surface area contributed by atoms with Gasteiger partial charge in [-0.2, -0.15) is 5.10 Å². The van der Waals surface area contributed by atoms with Crippen LogP contribution in [0.1, 0.15) is 23.0 Å². The van der Waals surface area contributed by atoms with E-state index in [-0.39, 0.29) is 5.91 Å². The number of aromatic nitrogens is 3. The van der Waals surface area contributed by atoms with Gasteiger partial charge in [0.25, 0.3) is 5.91 Å². The summed E-state index contributed by atoms with van der Waals surface area (Å²) in [4.78, 5) is 15.4. The lowest BCUT2D eigenvalue weighted by Gasteiger charge is -2.04. The predicted octanol–water partition coefficient (Wildman–Crippen LogP) is 2.72. The summed E-state index contributed by atoms with van der Waals surface area (Å²) in [6, 6.07) is 7.56. The van der Waals surface area contributed by atoms with Gasteiger partial charge in [0.05, 0.1) is 11.4 Å². The van der Waals surface area contributed by atoms with Gasteiger partial charge in [0, 0.05) is 35.9 Å². The normalized spacial score (nSPS) is 10.9. The van der Waals surface area contributed by atoms with E-state index in [0.717, 1.165) is 28.7 Å². The minimum absolute atomic E-state index is 0.115. The van der Waals surface area contributed by atoms with Crippen LogP contribution in [-0.2, 0) is 13.5 Å². The first-order valence-electron chi connectivity index (χ1n) is 6.58. The maximum atomic E-state index is 12.3. The van der Waals surface area contributed by atoms with Crippen LogP contribution in [0.3, 0.4) is 0 Å². The van der Waals surface area contributed by atoms with Crippen LogP contribution >= 0.6 is 0 Å². The highest BCUT2D eigenvalue weighted by molar-refractivity contribution is 6.06. The standard InChI is InChI=1S/C15H16N4O/c1-3-12-14(9-19(2)18-12)17-15(20)11-4-5-13-10(8-11)6-7-16-13/h4-9,16H,3H2,1-2H3,(H,17,20). The Morgan fingerprint density at radius 3 is 3.05 bits per heavy atom. The van der Waals surface area contributed by atoms with Crippen LogP contribution in [0, 0.1) is 0 Å². The van der Waals surface area contributed by atoms with Crippen molar-refractivity contribution in [2.45, 2.75) is 13.3 Å². The Kier molecular flexibility index (Phi) is 3.02. The van der Waals surface area contributed by atoms with Crippen molar-refractivity contribution in [2.75, 3.05) is 5.32 Å². The van der Waals surface area contributed by atoms with Crippen molar-refractivity contribution in [3.63, 3.8) is 0 Å². The van der Waals surface area contributed by atoms with E-state index in [1.54, 1.807) is 4.68 Å². The molecular formula is C15H16N4O. The maximum Gasteiger partial charge on any atom is 0.255 e. The van der Waals surface area contributed by atoms with Crippen LogP contribution in [0.5, 0.6) is 0 Å². The number of H-pyrrole nitrogens is 1. The van der Waals surface area contributed by atoms with Gasteiger partial charge in [0.1, 0.15) is 0 Å². The summed E-state index contributed by atoms with van der Waals surface area (Å²) in [5.41, 5.74) is 3.33. The number of hydrogen-bond donors (Lipinski definition) is 2. The number of amides is 1. The Morgan fingerprint density at radius 1 is 1.40 bits per heavy atom. The molecular weight excluding hydrogens is 252 g/mol. The first-order valence-corrected chi connectivity index (χ1v) is 6.58. The van der Waals surface area contributed by atoms with Gasteiger partial charge in [-0.3, -0.25) is 9.48 Å². The molecule has 0 unspecified atom stereocenters. The zero-order chi connectivity index (χ0) is 14.1. The van der Waals surface area contributed by atoms with Crippen molar-refractivity contribution in [1.29, 1.82) is 0 Å². The molecule has 20 heavy (non-hydrogen) atoms. The summed E-state index contributed by atoms with van der Waals surface area (Å²) in [6.07, 6.45) is 4.47. The summed E-state index contributed by atoms with van der Waals surface area (Å²) in [5.74, 6) is -0.115. The zero-order valence-electron chi connectivity index (χ0n) is 11.5. The second-order valence-corrected chi connectivity index (χ2v) is 4.75. The number of hydrogen-bond acceptors (Lipinski definition) is 2. The van der Waals surface area contributed by atoms with Gasteiger partial charge in [-0.15, -0.1) is 0 Å². The average molecular weight is 268 g/mol. The molecule has 0 aliphatic heterocycles. The summed E-state index contributed by atoms with van der Waals surface area (Å²) < 4.78 is 1.71. The molecule has 3 rings (SSSR count). The first kappa shape index (κ1) is 12.5.